The normalized spacial score (nSPS) is 20.2. The fraction of sp³-hybridized carbons (Fsp3) is 1.00. The van der Waals surface area contributed by atoms with Gasteiger partial charge in [-0.3, -0.25) is 0 Å². The number of rotatable bonds is 7. The van der Waals surface area contributed by atoms with Crippen LogP contribution in [-0.4, -0.2) is 19.0 Å². The molecule has 0 aromatic rings. The van der Waals surface area contributed by atoms with Crippen molar-refractivity contribution in [2.24, 2.45) is 11.3 Å². The number of halogens is 1. The molecule has 1 aliphatic carbocycles. The number of nitrogens with one attached hydrogen (secondary N) is 1. The highest BCUT2D eigenvalue weighted by atomic mass is 35.5. The molecule has 0 aromatic heterocycles. The molecule has 1 rings (SSSR count). The molecule has 0 saturated heterocycles. The van der Waals surface area contributed by atoms with Gasteiger partial charge in [-0.15, -0.1) is 11.6 Å². The van der Waals surface area contributed by atoms with E-state index < -0.39 is 0 Å². The van der Waals surface area contributed by atoms with Crippen molar-refractivity contribution in [1.29, 1.82) is 0 Å². The lowest BCUT2D eigenvalue weighted by molar-refractivity contribution is 0.212. The van der Waals surface area contributed by atoms with Gasteiger partial charge in [0.2, 0.25) is 0 Å². The van der Waals surface area contributed by atoms with Crippen LogP contribution in [0.2, 0.25) is 0 Å². The Morgan fingerprint density at radius 1 is 1.19 bits per heavy atom. The Kier molecular flexibility index (Phi) is 6.75. The second-order valence-corrected chi connectivity index (χ2v) is 6.17. The zero-order valence-electron chi connectivity index (χ0n) is 11.0. The van der Waals surface area contributed by atoms with E-state index in [4.69, 9.17) is 11.6 Å². The molecule has 1 fully saturated rings. The van der Waals surface area contributed by atoms with Gasteiger partial charge in [-0.2, -0.15) is 0 Å². The van der Waals surface area contributed by atoms with Crippen molar-refractivity contribution in [3.63, 3.8) is 0 Å². The van der Waals surface area contributed by atoms with Crippen molar-refractivity contribution < 1.29 is 0 Å². The van der Waals surface area contributed by atoms with Gasteiger partial charge in [0.25, 0.3) is 0 Å². The Balaban J connectivity index is 2.13. The van der Waals surface area contributed by atoms with Crippen molar-refractivity contribution in [3.8, 4) is 0 Å². The van der Waals surface area contributed by atoms with Gasteiger partial charge in [-0.25, -0.2) is 0 Å². The molecule has 0 spiro atoms. The Morgan fingerprint density at radius 2 is 1.88 bits per heavy atom. The van der Waals surface area contributed by atoms with E-state index in [0.717, 1.165) is 24.9 Å². The van der Waals surface area contributed by atoms with E-state index in [-0.39, 0.29) is 0 Å². The minimum atomic E-state index is 0.414. The molecule has 0 aromatic carbocycles. The highest BCUT2D eigenvalue weighted by molar-refractivity contribution is 6.18. The SMILES string of the molecule is CC(C)CCCNCC1(CCl)CCCCC1. The van der Waals surface area contributed by atoms with E-state index in [2.05, 4.69) is 19.2 Å². The zero-order chi connectivity index (χ0) is 11.9. The van der Waals surface area contributed by atoms with Crippen molar-refractivity contribution >= 4 is 11.6 Å². The number of hydrogen-bond donors (Lipinski definition) is 1. The Hall–Kier alpha value is 0.250. The van der Waals surface area contributed by atoms with Crippen molar-refractivity contribution in [3.05, 3.63) is 0 Å². The lowest BCUT2D eigenvalue weighted by Gasteiger charge is -2.35. The predicted molar refractivity (Wildman–Crippen MR) is 73.2 cm³/mol. The quantitative estimate of drug-likeness (QED) is 0.524. The Bertz CT molecular complexity index is 174. The van der Waals surface area contributed by atoms with Crippen LogP contribution in [0.5, 0.6) is 0 Å². The van der Waals surface area contributed by atoms with E-state index in [1.165, 1.54) is 44.9 Å². The van der Waals surface area contributed by atoms with Crippen molar-refractivity contribution in [1.82, 2.24) is 5.32 Å². The molecule has 0 amide bonds. The van der Waals surface area contributed by atoms with Crippen molar-refractivity contribution in [2.75, 3.05) is 19.0 Å². The summed E-state index contributed by atoms with van der Waals surface area (Å²) in [6, 6.07) is 0. The van der Waals surface area contributed by atoms with Crippen LogP contribution in [0, 0.1) is 11.3 Å². The summed E-state index contributed by atoms with van der Waals surface area (Å²) >= 11 is 6.16. The van der Waals surface area contributed by atoms with Gasteiger partial charge >= 0.3 is 0 Å². The minimum absolute atomic E-state index is 0.414. The third-order valence-corrected chi connectivity index (χ3v) is 4.40. The van der Waals surface area contributed by atoms with Crippen LogP contribution in [0.4, 0.5) is 0 Å². The van der Waals surface area contributed by atoms with Gasteiger partial charge in [0.1, 0.15) is 0 Å². The first-order chi connectivity index (χ1) is 7.68. The molecule has 0 unspecified atom stereocenters. The highest BCUT2D eigenvalue weighted by Gasteiger charge is 2.30. The van der Waals surface area contributed by atoms with Gasteiger partial charge in [-0.05, 0) is 43.6 Å². The maximum Gasteiger partial charge on any atom is 0.0292 e. The fourth-order valence-electron chi connectivity index (χ4n) is 2.65. The fourth-order valence-corrected chi connectivity index (χ4v) is 3.01. The highest BCUT2D eigenvalue weighted by Crippen LogP contribution is 2.36. The van der Waals surface area contributed by atoms with Crippen LogP contribution in [0.25, 0.3) is 0 Å². The predicted octanol–water partition coefficient (Wildman–Crippen LogP) is 4.20. The lowest BCUT2D eigenvalue weighted by atomic mass is 9.75. The third kappa shape index (κ3) is 5.05. The first-order valence-corrected chi connectivity index (χ1v) is 7.49. The molecule has 2 heteroatoms. The summed E-state index contributed by atoms with van der Waals surface area (Å²) in [4.78, 5) is 0. The standard InChI is InChI=1S/C14H28ClN/c1-13(2)7-6-10-16-12-14(11-15)8-4-3-5-9-14/h13,16H,3-12H2,1-2H3. The molecule has 0 heterocycles. The monoisotopic (exact) mass is 245 g/mol. The molecule has 16 heavy (non-hydrogen) atoms. The topological polar surface area (TPSA) is 12.0 Å². The van der Waals surface area contributed by atoms with Gasteiger partial charge < -0.3 is 5.32 Å². The summed E-state index contributed by atoms with van der Waals surface area (Å²) in [5, 5.41) is 3.62. The van der Waals surface area contributed by atoms with Gasteiger partial charge in [0, 0.05) is 12.4 Å². The smallest absolute Gasteiger partial charge is 0.0292 e. The molecule has 1 nitrogen and oxygen atoms in total. The van der Waals surface area contributed by atoms with Gasteiger partial charge in [-0.1, -0.05) is 33.1 Å². The van der Waals surface area contributed by atoms with E-state index in [0.29, 0.717) is 5.41 Å². The number of hydrogen-bond acceptors (Lipinski definition) is 1. The van der Waals surface area contributed by atoms with Crippen LogP contribution >= 0.6 is 11.6 Å². The summed E-state index contributed by atoms with van der Waals surface area (Å²) in [6.45, 7) is 6.88. The van der Waals surface area contributed by atoms with Gasteiger partial charge in [0.15, 0.2) is 0 Å². The van der Waals surface area contributed by atoms with Crippen LogP contribution in [0.3, 0.4) is 0 Å². The second-order valence-electron chi connectivity index (χ2n) is 5.91. The molecule has 96 valence electrons. The summed E-state index contributed by atoms with van der Waals surface area (Å²) in [5.74, 6) is 1.67. The Labute approximate surface area is 106 Å². The van der Waals surface area contributed by atoms with Gasteiger partial charge in [0.05, 0.1) is 0 Å². The van der Waals surface area contributed by atoms with Crippen LogP contribution < -0.4 is 5.32 Å². The molecule has 0 aliphatic heterocycles. The van der Waals surface area contributed by atoms with E-state index in [1.54, 1.807) is 0 Å². The maximum atomic E-state index is 6.16. The molecule has 1 N–H and O–H groups in total. The zero-order valence-corrected chi connectivity index (χ0v) is 11.8. The van der Waals surface area contributed by atoms with Crippen LogP contribution in [0.15, 0.2) is 0 Å². The average molecular weight is 246 g/mol. The second kappa shape index (κ2) is 7.55. The summed E-state index contributed by atoms with van der Waals surface area (Å²) in [5.41, 5.74) is 0.414. The third-order valence-electron chi connectivity index (χ3n) is 3.83. The van der Waals surface area contributed by atoms with E-state index in [9.17, 15) is 0 Å². The first kappa shape index (κ1) is 14.3. The molecular weight excluding hydrogens is 218 g/mol. The molecule has 0 bridgehead atoms. The molecule has 1 saturated carbocycles. The maximum absolute atomic E-state index is 6.16. The Morgan fingerprint density at radius 3 is 2.44 bits per heavy atom. The first-order valence-electron chi connectivity index (χ1n) is 6.95. The number of alkyl halides is 1. The molecule has 0 atom stereocenters. The van der Waals surface area contributed by atoms with Crippen LogP contribution in [0.1, 0.15) is 58.8 Å². The minimum Gasteiger partial charge on any atom is -0.316 e. The summed E-state index contributed by atoms with van der Waals surface area (Å²) in [6.07, 6.45) is 9.45. The molecule has 1 aliphatic rings. The van der Waals surface area contributed by atoms with E-state index in [1.807, 2.05) is 0 Å². The van der Waals surface area contributed by atoms with E-state index >= 15 is 0 Å². The molecular formula is C14H28ClN. The summed E-state index contributed by atoms with van der Waals surface area (Å²) < 4.78 is 0. The van der Waals surface area contributed by atoms with Crippen molar-refractivity contribution in [2.45, 2.75) is 58.8 Å². The average Bonchev–Trinajstić information content (AvgIpc) is 2.29. The lowest BCUT2D eigenvalue weighted by Crippen LogP contribution is -2.38. The van der Waals surface area contributed by atoms with Crippen LogP contribution in [-0.2, 0) is 0 Å². The summed E-state index contributed by atoms with van der Waals surface area (Å²) in [7, 11) is 0. The largest absolute Gasteiger partial charge is 0.316 e. The molecule has 0 radical (unpaired) electrons.